The summed E-state index contributed by atoms with van der Waals surface area (Å²) in [5.41, 5.74) is 8.46. The summed E-state index contributed by atoms with van der Waals surface area (Å²) in [6, 6.07) is 8.31. The summed E-state index contributed by atoms with van der Waals surface area (Å²) in [4.78, 5) is 10.5. The van der Waals surface area contributed by atoms with Crippen molar-refractivity contribution in [3.8, 4) is 0 Å². The van der Waals surface area contributed by atoms with Crippen molar-refractivity contribution >= 4 is 5.97 Å². The van der Waals surface area contributed by atoms with Crippen LogP contribution < -0.4 is 5.73 Å². The third kappa shape index (κ3) is 4.06. The highest BCUT2D eigenvalue weighted by Crippen LogP contribution is 2.33. The number of carboxylic acids is 1. The third-order valence-electron chi connectivity index (χ3n) is 4.11. The summed E-state index contributed by atoms with van der Waals surface area (Å²) in [6.45, 7) is 0. The van der Waals surface area contributed by atoms with E-state index < -0.39 is 5.97 Å². The zero-order valence-corrected chi connectivity index (χ0v) is 11.3. The maximum absolute atomic E-state index is 10.5. The highest BCUT2D eigenvalue weighted by molar-refractivity contribution is 5.66. The summed E-state index contributed by atoms with van der Waals surface area (Å²) in [5.74, 6) is -0.0766. The Bertz CT molecular complexity index is 407. The number of carbonyl (C=O) groups is 1. The minimum absolute atomic E-state index is 0.130. The standard InChI is InChI=1S/C16H23NO2/c17-15(10-11-16(18)19)14-8-6-13(7-9-14)12-4-2-1-3-5-12/h6-9,12,15H,1-5,10-11,17H2,(H,18,19). The van der Waals surface area contributed by atoms with Gasteiger partial charge in [-0.1, -0.05) is 43.5 Å². The van der Waals surface area contributed by atoms with E-state index in [1.54, 1.807) is 0 Å². The van der Waals surface area contributed by atoms with Crippen LogP contribution in [0, 0.1) is 0 Å². The summed E-state index contributed by atoms with van der Waals surface area (Å²) in [7, 11) is 0. The van der Waals surface area contributed by atoms with Gasteiger partial charge in [0.25, 0.3) is 0 Å². The smallest absolute Gasteiger partial charge is 0.303 e. The van der Waals surface area contributed by atoms with E-state index in [0.717, 1.165) is 5.56 Å². The van der Waals surface area contributed by atoms with Crippen molar-refractivity contribution in [2.75, 3.05) is 0 Å². The summed E-state index contributed by atoms with van der Waals surface area (Å²) in [5, 5.41) is 8.67. The lowest BCUT2D eigenvalue weighted by atomic mass is 9.83. The highest BCUT2D eigenvalue weighted by Gasteiger charge is 2.16. The molecule has 3 heteroatoms. The largest absolute Gasteiger partial charge is 0.481 e. The fourth-order valence-electron chi connectivity index (χ4n) is 2.90. The molecule has 0 bridgehead atoms. The number of hydrogen-bond donors (Lipinski definition) is 2. The van der Waals surface area contributed by atoms with Crippen molar-refractivity contribution < 1.29 is 9.90 Å². The Labute approximate surface area is 114 Å². The van der Waals surface area contributed by atoms with E-state index in [0.29, 0.717) is 12.3 Å². The Morgan fingerprint density at radius 1 is 1.21 bits per heavy atom. The van der Waals surface area contributed by atoms with Gasteiger partial charge in [-0.15, -0.1) is 0 Å². The van der Waals surface area contributed by atoms with Gasteiger partial charge < -0.3 is 10.8 Å². The van der Waals surface area contributed by atoms with E-state index >= 15 is 0 Å². The molecule has 3 nitrogen and oxygen atoms in total. The molecule has 0 amide bonds. The number of carboxylic acid groups (broad SMARTS) is 1. The van der Waals surface area contributed by atoms with Gasteiger partial charge in [0.05, 0.1) is 0 Å². The normalized spacial score (nSPS) is 18.2. The fraction of sp³-hybridized carbons (Fsp3) is 0.562. The van der Waals surface area contributed by atoms with Crippen molar-refractivity contribution in [2.45, 2.75) is 56.9 Å². The summed E-state index contributed by atoms with van der Waals surface area (Å²) in [6.07, 6.45) is 7.27. The Balaban J connectivity index is 1.95. The van der Waals surface area contributed by atoms with Crippen LogP contribution in [0.2, 0.25) is 0 Å². The molecule has 1 aromatic carbocycles. The highest BCUT2D eigenvalue weighted by atomic mass is 16.4. The first-order valence-corrected chi connectivity index (χ1v) is 7.24. The van der Waals surface area contributed by atoms with Crippen LogP contribution in [0.15, 0.2) is 24.3 Å². The number of aliphatic carboxylic acids is 1. The monoisotopic (exact) mass is 261 g/mol. The minimum atomic E-state index is -0.783. The SMILES string of the molecule is NC(CCC(=O)O)c1ccc(C2CCCCC2)cc1. The molecule has 0 heterocycles. The van der Waals surface area contributed by atoms with Gasteiger partial charge in [0.1, 0.15) is 0 Å². The molecule has 1 aromatic rings. The summed E-state index contributed by atoms with van der Waals surface area (Å²) >= 11 is 0. The molecular formula is C16H23NO2. The van der Waals surface area contributed by atoms with Gasteiger partial charge in [0, 0.05) is 12.5 Å². The first-order chi connectivity index (χ1) is 9.16. The molecule has 104 valence electrons. The number of nitrogens with two attached hydrogens (primary N) is 1. The molecule has 1 unspecified atom stereocenters. The van der Waals surface area contributed by atoms with Gasteiger partial charge in [-0.3, -0.25) is 4.79 Å². The van der Waals surface area contributed by atoms with Crippen LogP contribution in [0.1, 0.15) is 68.0 Å². The Hall–Kier alpha value is -1.35. The zero-order valence-electron chi connectivity index (χ0n) is 11.3. The molecule has 0 radical (unpaired) electrons. The zero-order chi connectivity index (χ0) is 13.7. The molecule has 1 aliphatic carbocycles. The van der Waals surface area contributed by atoms with Crippen LogP contribution in [0.3, 0.4) is 0 Å². The van der Waals surface area contributed by atoms with Crippen LogP contribution >= 0.6 is 0 Å². The van der Waals surface area contributed by atoms with E-state index in [9.17, 15) is 4.79 Å². The van der Waals surface area contributed by atoms with E-state index in [4.69, 9.17) is 10.8 Å². The molecule has 0 saturated heterocycles. The quantitative estimate of drug-likeness (QED) is 0.851. The average molecular weight is 261 g/mol. The van der Waals surface area contributed by atoms with Crippen LogP contribution in [0.25, 0.3) is 0 Å². The van der Waals surface area contributed by atoms with Crippen LogP contribution in [-0.4, -0.2) is 11.1 Å². The molecule has 1 saturated carbocycles. The second-order valence-electron chi connectivity index (χ2n) is 5.54. The van der Waals surface area contributed by atoms with E-state index in [2.05, 4.69) is 24.3 Å². The van der Waals surface area contributed by atoms with Gasteiger partial charge in [0.15, 0.2) is 0 Å². The second-order valence-corrected chi connectivity index (χ2v) is 5.54. The lowest BCUT2D eigenvalue weighted by Crippen LogP contribution is -2.12. The second kappa shape index (κ2) is 6.71. The van der Waals surface area contributed by atoms with Crippen LogP contribution in [-0.2, 0) is 4.79 Å². The molecule has 3 N–H and O–H groups in total. The van der Waals surface area contributed by atoms with E-state index in [1.807, 2.05) is 0 Å². The van der Waals surface area contributed by atoms with Crippen molar-refractivity contribution in [3.63, 3.8) is 0 Å². The molecule has 0 spiro atoms. The first kappa shape index (κ1) is 14.1. The summed E-state index contributed by atoms with van der Waals surface area (Å²) < 4.78 is 0. The van der Waals surface area contributed by atoms with E-state index in [1.165, 1.54) is 37.7 Å². The number of benzene rings is 1. The van der Waals surface area contributed by atoms with E-state index in [-0.39, 0.29) is 12.5 Å². The Morgan fingerprint density at radius 3 is 2.42 bits per heavy atom. The van der Waals surface area contributed by atoms with Crippen LogP contribution in [0.5, 0.6) is 0 Å². The van der Waals surface area contributed by atoms with Crippen LogP contribution in [0.4, 0.5) is 0 Å². The van der Waals surface area contributed by atoms with Gasteiger partial charge >= 0.3 is 5.97 Å². The minimum Gasteiger partial charge on any atom is -0.481 e. The first-order valence-electron chi connectivity index (χ1n) is 7.24. The lowest BCUT2D eigenvalue weighted by molar-refractivity contribution is -0.137. The van der Waals surface area contributed by atoms with Crippen molar-refractivity contribution in [1.82, 2.24) is 0 Å². The average Bonchev–Trinajstić information content (AvgIpc) is 2.46. The molecule has 2 rings (SSSR count). The molecule has 19 heavy (non-hydrogen) atoms. The molecule has 1 aliphatic rings. The lowest BCUT2D eigenvalue weighted by Gasteiger charge is -2.22. The van der Waals surface area contributed by atoms with Crippen molar-refractivity contribution in [3.05, 3.63) is 35.4 Å². The molecule has 1 atom stereocenters. The maximum Gasteiger partial charge on any atom is 0.303 e. The molecule has 0 aromatic heterocycles. The number of rotatable bonds is 5. The topological polar surface area (TPSA) is 63.3 Å². The molecular weight excluding hydrogens is 238 g/mol. The number of hydrogen-bond acceptors (Lipinski definition) is 2. The van der Waals surface area contributed by atoms with Gasteiger partial charge in [-0.2, -0.15) is 0 Å². The fourth-order valence-corrected chi connectivity index (χ4v) is 2.90. The van der Waals surface area contributed by atoms with Crippen molar-refractivity contribution in [2.24, 2.45) is 5.73 Å². The molecule has 0 aliphatic heterocycles. The molecule has 1 fully saturated rings. The third-order valence-corrected chi connectivity index (χ3v) is 4.11. The van der Waals surface area contributed by atoms with Gasteiger partial charge in [0.2, 0.25) is 0 Å². The van der Waals surface area contributed by atoms with Gasteiger partial charge in [-0.05, 0) is 36.3 Å². The predicted octanol–water partition coefficient (Wildman–Crippen LogP) is 3.60. The Morgan fingerprint density at radius 2 is 1.84 bits per heavy atom. The Kier molecular flexibility index (Phi) is 4.97. The maximum atomic E-state index is 10.5. The van der Waals surface area contributed by atoms with Gasteiger partial charge in [-0.25, -0.2) is 0 Å². The predicted molar refractivity (Wildman–Crippen MR) is 76.1 cm³/mol. The van der Waals surface area contributed by atoms with Crippen molar-refractivity contribution in [1.29, 1.82) is 0 Å².